The Bertz CT molecular complexity index is 1450. The average Bonchev–Trinajstić information content (AvgIpc) is 3.59. The summed E-state index contributed by atoms with van der Waals surface area (Å²) in [5, 5.41) is 15.8. The summed E-state index contributed by atoms with van der Waals surface area (Å²) in [6.45, 7) is 6.06. The molecule has 2 heterocycles. The van der Waals surface area contributed by atoms with Crippen molar-refractivity contribution in [3.05, 3.63) is 62.5 Å². The highest BCUT2D eigenvalue weighted by atomic mass is 35.5. The van der Waals surface area contributed by atoms with Crippen LogP contribution in [0.5, 0.6) is 0 Å². The number of nitrogens with one attached hydrogen (secondary N) is 1. The van der Waals surface area contributed by atoms with Gasteiger partial charge in [-0.3, -0.25) is 14.6 Å². The minimum Gasteiger partial charge on any atom is -0.481 e. The highest BCUT2D eigenvalue weighted by Crippen LogP contribution is 2.39. The van der Waals surface area contributed by atoms with E-state index in [1.54, 1.807) is 25.3 Å². The van der Waals surface area contributed by atoms with Gasteiger partial charge in [-0.15, -0.1) is 11.3 Å². The number of carboxylic acid groups (broad SMARTS) is 1. The maximum Gasteiger partial charge on any atom is 0.338 e. The number of carbonyl (C=O) groups excluding carboxylic acids is 2. The number of ketones is 1. The van der Waals surface area contributed by atoms with Crippen LogP contribution in [0.3, 0.4) is 0 Å². The van der Waals surface area contributed by atoms with E-state index in [4.69, 9.17) is 21.3 Å². The predicted octanol–water partition coefficient (Wildman–Crippen LogP) is 8.70. The standard InChI is InChI=1S/C36H47ClFN3O5S/c1-4-22(3)19-26(42)21-24-10-7-6-9-23(13-15-25(20-24)35(43)44)14-16-29-30(36(45)46-5-2)32(27-11-8-12-28(38)31(27)37)41-33(40-29)34-39-17-18-47-34/h8,11-12,17-18,22-25,32H,4-7,9-10,13-16,19-21H2,1-3H3,(H,40,41)(H,43,44). The van der Waals surface area contributed by atoms with Crippen molar-refractivity contribution >= 4 is 46.5 Å². The van der Waals surface area contributed by atoms with E-state index >= 15 is 0 Å². The van der Waals surface area contributed by atoms with Gasteiger partial charge in [-0.25, -0.2) is 14.2 Å². The van der Waals surface area contributed by atoms with E-state index < -0.39 is 29.7 Å². The maximum absolute atomic E-state index is 14.6. The number of thiazole rings is 1. The van der Waals surface area contributed by atoms with E-state index in [0.29, 0.717) is 66.5 Å². The second-order valence-corrected chi connectivity index (χ2v) is 14.2. The summed E-state index contributed by atoms with van der Waals surface area (Å²) < 4.78 is 20.1. The molecule has 0 amide bonds. The molecule has 1 aromatic heterocycles. The van der Waals surface area contributed by atoms with Gasteiger partial charge in [-0.05, 0) is 69.3 Å². The van der Waals surface area contributed by atoms with Crippen molar-refractivity contribution in [3.63, 3.8) is 0 Å². The van der Waals surface area contributed by atoms with Gasteiger partial charge in [0.2, 0.25) is 0 Å². The first-order valence-electron chi connectivity index (χ1n) is 16.9. The molecule has 11 heteroatoms. The van der Waals surface area contributed by atoms with E-state index in [0.717, 1.165) is 38.5 Å². The second kappa shape index (κ2) is 17.9. The summed E-state index contributed by atoms with van der Waals surface area (Å²) in [7, 11) is 0. The zero-order chi connectivity index (χ0) is 33.9. The number of hydrogen-bond donors (Lipinski definition) is 2. The van der Waals surface area contributed by atoms with Crippen LogP contribution in [0.1, 0.15) is 114 Å². The van der Waals surface area contributed by atoms with Gasteiger partial charge in [0, 0.05) is 35.7 Å². The van der Waals surface area contributed by atoms with Crippen molar-refractivity contribution in [1.29, 1.82) is 0 Å². The summed E-state index contributed by atoms with van der Waals surface area (Å²) in [4.78, 5) is 47.8. The Morgan fingerprint density at radius 2 is 1.91 bits per heavy atom. The van der Waals surface area contributed by atoms with Gasteiger partial charge in [0.05, 0.1) is 23.1 Å². The molecule has 5 unspecified atom stereocenters. The molecule has 0 spiro atoms. The lowest BCUT2D eigenvalue weighted by molar-refractivity contribution is -0.143. The van der Waals surface area contributed by atoms with Crippen LogP contribution in [0.15, 0.2) is 46.0 Å². The number of aliphatic imine (C=N–C) groups is 1. The molecule has 2 aromatic rings. The molecule has 256 valence electrons. The molecule has 1 aromatic carbocycles. The zero-order valence-corrected chi connectivity index (χ0v) is 29.2. The van der Waals surface area contributed by atoms with Crippen LogP contribution >= 0.6 is 22.9 Å². The monoisotopic (exact) mass is 687 g/mol. The molecular weight excluding hydrogens is 641 g/mol. The molecule has 1 aliphatic carbocycles. The molecule has 1 saturated carbocycles. The molecule has 5 atom stereocenters. The van der Waals surface area contributed by atoms with Crippen molar-refractivity contribution in [1.82, 2.24) is 10.3 Å². The average molecular weight is 688 g/mol. The molecular formula is C36H47ClFN3O5S. The number of amidine groups is 1. The highest BCUT2D eigenvalue weighted by molar-refractivity contribution is 7.11. The number of aliphatic carboxylic acids is 1. The summed E-state index contributed by atoms with van der Waals surface area (Å²) in [6, 6.07) is 3.58. The lowest BCUT2D eigenvalue weighted by Gasteiger charge is -2.29. The predicted molar refractivity (Wildman–Crippen MR) is 183 cm³/mol. The number of Topliss-reactive ketones (excluding diaryl/α,β-unsaturated/α-hetero) is 1. The molecule has 1 fully saturated rings. The first-order valence-corrected chi connectivity index (χ1v) is 18.2. The van der Waals surface area contributed by atoms with Crippen molar-refractivity contribution in [2.45, 2.75) is 104 Å². The van der Waals surface area contributed by atoms with Crippen LogP contribution in [0.2, 0.25) is 5.02 Å². The quantitative estimate of drug-likeness (QED) is 0.202. The summed E-state index contributed by atoms with van der Waals surface area (Å²) >= 11 is 7.84. The summed E-state index contributed by atoms with van der Waals surface area (Å²) in [5.41, 5.74) is 1.27. The number of hydrogen-bond acceptors (Lipinski definition) is 8. The Balaban J connectivity index is 1.55. The first-order chi connectivity index (χ1) is 22.6. The van der Waals surface area contributed by atoms with E-state index in [1.165, 1.54) is 17.4 Å². The van der Waals surface area contributed by atoms with E-state index in [2.05, 4.69) is 24.1 Å². The highest BCUT2D eigenvalue weighted by Gasteiger charge is 2.35. The fourth-order valence-corrected chi connectivity index (χ4v) is 7.54. The van der Waals surface area contributed by atoms with Crippen LogP contribution < -0.4 is 5.32 Å². The molecule has 2 N–H and O–H groups in total. The second-order valence-electron chi connectivity index (χ2n) is 13.0. The maximum atomic E-state index is 14.6. The number of carbonyl (C=O) groups is 3. The topological polar surface area (TPSA) is 118 Å². The number of esters is 1. The van der Waals surface area contributed by atoms with Crippen LogP contribution in [0, 0.1) is 29.5 Å². The number of carboxylic acids is 1. The van der Waals surface area contributed by atoms with Gasteiger partial charge in [-0.2, -0.15) is 0 Å². The molecule has 1 aliphatic heterocycles. The van der Waals surface area contributed by atoms with Gasteiger partial charge in [0.1, 0.15) is 17.6 Å². The normalized spacial score (nSPS) is 23.0. The molecule has 0 bridgehead atoms. The van der Waals surface area contributed by atoms with Crippen LogP contribution in [0.4, 0.5) is 4.39 Å². The smallest absolute Gasteiger partial charge is 0.338 e. The van der Waals surface area contributed by atoms with Gasteiger partial charge in [-0.1, -0.05) is 63.3 Å². The fourth-order valence-electron chi connectivity index (χ4n) is 6.72. The summed E-state index contributed by atoms with van der Waals surface area (Å²) in [5.74, 6) is -1.05. The van der Waals surface area contributed by atoms with E-state index in [1.807, 2.05) is 5.38 Å². The Labute approximate surface area is 286 Å². The number of halogens is 2. The van der Waals surface area contributed by atoms with Crippen LogP contribution in [-0.2, 0) is 19.1 Å². The van der Waals surface area contributed by atoms with Gasteiger partial charge in [0.25, 0.3) is 0 Å². The van der Waals surface area contributed by atoms with Gasteiger partial charge < -0.3 is 15.2 Å². The molecule has 4 rings (SSSR count). The van der Waals surface area contributed by atoms with Crippen LogP contribution in [0.25, 0.3) is 0 Å². The fraction of sp³-hybridized carbons (Fsp3) is 0.583. The van der Waals surface area contributed by atoms with E-state index in [-0.39, 0.29) is 34.8 Å². The third-order valence-electron chi connectivity index (χ3n) is 9.49. The Morgan fingerprint density at radius 3 is 2.60 bits per heavy atom. The summed E-state index contributed by atoms with van der Waals surface area (Å²) in [6.07, 6.45) is 10.4. The van der Waals surface area contributed by atoms with Gasteiger partial charge >= 0.3 is 11.9 Å². The molecule has 47 heavy (non-hydrogen) atoms. The first kappa shape index (κ1) is 36.7. The Kier molecular flexibility index (Phi) is 14.0. The van der Waals surface area contributed by atoms with Crippen molar-refractivity contribution in [2.24, 2.45) is 28.7 Å². The number of aromatic nitrogens is 1. The van der Waals surface area contributed by atoms with Crippen molar-refractivity contribution in [3.8, 4) is 0 Å². The number of allylic oxidation sites excluding steroid dienone is 1. The third kappa shape index (κ3) is 10.2. The minimum atomic E-state index is -0.896. The number of nitrogens with zero attached hydrogens (tertiary/aromatic N) is 2. The van der Waals surface area contributed by atoms with Gasteiger partial charge in [0.15, 0.2) is 10.8 Å². The Hall–Kier alpha value is -3.11. The zero-order valence-electron chi connectivity index (χ0n) is 27.6. The van der Waals surface area contributed by atoms with Crippen molar-refractivity contribution in [2.75, 3.05) is 6.61 Å². The molecule has 0 saturated heterocycles. The number of benzene rings is 1. The van der Waals surface area contributed by atoms with Crippen LogP contribution in [-0.4, -0.2) is 40.3 Å². The number of rotatable bonds is 13. The third-order valence-corrected chi connectivity index (χ3v) is 10.7. The lowest BCUT2D eigenvalue weighted by Crippen LogP contribution is -2.34. The largest absolute Gasteiger partial charge is 0.481 e. The SMILES string of the molecule is CCOC(=O)C1=C(CCC2CCCCC(CC(=O)CC(C)CC)CC(C(=O)O)CC2)NC(c2nccs2)=NC1c1cccc(F)c1Cl. The molecule has 2 aliphatic rings. The molecule has 8 nitrogen and oxygen atoms in total. The lowest BCUT2D eigenvalue weighted by atomic mass is 9.79. The van der Waals surface area contributed by atoms with Crippen molar-refractivity contribution < 1.29 is 28.6 Å². The Morgan fingerprint density at radius 1 is 1.15 bits per heavy atom. The minimum absolute atomic E-state index is 0.100. The number of ether oxygens (including phenoxy) is 1. The molecule has 0 radical (unpaired) electrons. The van der Waals surface area contributed by atoms with E-state index in [9.17, 15) is 23.9 Å².